The van der Waals surface area contributed by atoms with Crippen molar-refractivity contribution in [1.82, 2.24) is 5.32 Å². The van der Waals surface area contributed by atoms with Gasteiger partial charge in [0.1, 0.15) is 0 Å². The van der Waals surface area contributed by atoms with E-state index in [4.69, 9.17) is 11.0 Å². The molecule has 0 aliphatic heterocycles. The summed E-state index contributed by atoms with van der Waals surface area (Å²) in [6.07, 6.45) is 2.10. The molecular formula is C12H23N3O. The van der Waals surface area contributed by atoms with Crippen LogP contribution in [0.4, 0.5) is 0 Å². The van der Waals surface area contributed by atoms with Gasteiger partial charge >= 0.3 is 0 Å². The molecule has 92 valence electrons. The fourth-order valence-electron chi connectivity index (χ4n) is 1.51. The van der Waals surface area contributed by atoms with E-state index in [1.54, 1.807) is 0 Å². The molecule has 0 aliphatic rings. The lowest BCUT2D eigenvalue weighted by Gasteiger charge is -2.25. The van der Waals surface area contributed by atoms with Crippen molar-refractivity contribution in [1.29, 1.82) is 5.26 Å². The molecule has 0 aromatic heterocycles. The second-order valence-corrected chi connectivity index (χ2v) is 5.55. The molecule has 0 fully saturated rings. The Kier molecular flexibility index (Phi) is 5.46. The van der Waals surface area contributed by atoms with E-state index >= 15 is 0 Å². The number of hydrogen-bond donors (Lipinski definition) is 2. The van der Waals surface area contributed by atoms with Crippen LogP contribution in [0.2, 0.25) is 0 Å². The number of amides is 1. The molecule has 16 heavy (non-hydrogen) atoms. The molecule has 4 nitrogen and oxygen atoms in total. The van der Waals surface area contributed by atoms with Crippen molar-refractivity contribution < 1.29 is 4.79 Å². The topological polar surface area (TPSA) is 78.9 Å². The monoisotopic (exact) mass is 225 g/mol. The second kappa shape index (κ2) is 5.86. The van der Waals surface area contributed by atoms with Crippen molar-refractivity contribution >= 4 is 5.91 Å². The Morgan fingerprint density at radius 1 is 1.38 bits per heavy atom. The van der Waals surface area contributed by atoms with Gasteiger partial charge in [-0.15, -0.1) is 0 Å². The first-order chi connectivity index (χ1) is 7.18. The average Bonchev–Trinajstić information content (AvgIpc) is 2.11. The number of primary amides is 1. The summed E-state index contributed by atoms with van der Waals surface area (Å²) in [5, 5.41) is 12.1. The Labute approximate surface area is 98.2 Å². The summed E-state index contributed by atoms with van der Waals surface area (Å²) in [4.78, 5) is 10.8. The highest BCUT2D eigenvalue weighted by Gasteiger charge is 2.20. The van der Waals surface area contributed by atoms with E-state index in [1.807, 2.05) is 27.7 Å². The van der Waals surface area contributed by atoms with Gasteiger partial charge in [-0.2, -0.15) is 5.26 Å². The minimum Gasteiger partial charge on any atom is -0.370 e. The number of hydrogen-bond acceptors (Lipinski definition) is 3. The fraction of sp³-hybridized carbons (Fsp3) is 0.833. The predicted molar refractivity (Wildman–Crippen MR) is 64.5 cm³/mol. The van der Waals surface area contributed by atoms with Crippen LogP contribution in [-0.2, 0) is 4.79 Å². The highest BCUT2D eigenvalue weighted by Crippen LogP contribution is 2.20. The van der Waals surface area contributed by atoms with Crippen LogP contribution in [0.25, 0.3) is 0 Å². The molecule has 0 heterocycles. The first-order valence-electron chi connectivity index (χ1n) is 5.63. The number of nitrogens with two attached hydrogens (primary N) is 1. The molecule has 0 saturated carbocycles. The van der Waals surface area contributed by atoms with Gasteiger partial charge in [0.15, 0.2) is 0 Å². The van der Waals surface area contributed by atoms with Crippen molar-refractivity contribution in [3.63, 3.8) is 0 Å². The van der Waals surface area contributed by atoms with E-state index in [9.17, 15) is 4.79 Å². The molecule has 0 rings (SSSR count). The van der Waals surface area contributed by atoms with Crippen molar-refractivity contribution in [2.24, 2.45) is 11.1 Å². The lowest BCUT2D eigenvalue weighted by molar-refractivity contribution is -0.119. The minimum atomic E-state index is -0.296. The molecule has 0 saturated heterocycles. The molecule has 0 aromatic rings. The molecule has 0 radical (unpaired) electrons. The van der Waals surface area contributed by atoms with Crippen LogP contribution in [0.15, 0.2) is 0 Å². The Hall–Kier alpha value is -1.08. The van der Waals surface area contributed by atoms with E-state index in [0.717, 1.165) is 19.4 Å². The van der Waals surface area contributed by atoms with Gasteiger partial charge in [0.2, 0.25) is 5.91 Å². The Morgan fingerprint density at radius 3 is 2.38 bits per heavy atom. The van der Waals surface area contributed by atoms with E-state index in [0.29, 0.717) is 6.42 Å². The molecule has 4 heteroatoms. The molecular weight excluding hydrogens is 202 g/mol. The van der Waals surface area contributed by atoms with Gasteiger partial charge in [0.05, 0.1) is 11.5 Å². The van der Waals surface area contributed by atoms with E-state index in [-0.39, 0.29) is 16.9 Å². The maximum Gasteiger partial charge on any atom is 0.219 e. The highest BCUT2D eigenvalue weighted by atomic mass is 16.1. The van der Waals surface area contributed by atoms with Crippen LogP contribution < -0.4 is 11.1 Å². The average molecular weight is 225 g/mol. The summed E-state index contributed by atoms with van der Waals surface area (Å²) in [7, 11) is 0. The Morgan fingerprint density at radius 2 is 1.94 bits per heavy atom. The summed E-state index contributed by atoms with van der Waals surface area (Å²) in [6.45, 7) is 8.56. The van der Waals surface area contributed by atoms with Crippen LogP contribution >= 0.6 is 0 Å². The van der Waals surface area contributed by atoms with Crippen LogP contribution in [-0.4, -0.2) is 18.0 Å². The van der Waals surface area contributed by atoms with Crippen LogP contribution in [0.3, 0.4) is 0 Å². The van der Waals surface area contributed by atoms with E-state index in [1.165, 1.54) is 0 Å². The minimum absolute atomic E-state index is 0.261. The molecule has 0 bridgehead atoms. The maximum atomic E-state index is 10.8. The molecule has 0 aromatic carbocycles. The van der Waals surface area contributed by atoms with E-state index < -0.39 is 0 Å². The van der Waals surface area contributed by atoms with Crippen molar-refractivity contribution in [2.75, 3.05) is 6.54 Å². The summed E-state index contributed by atoms with van der Waals surface area (Å²) >= 11 is 0. The SMILES string of the molecule is CC(C)(C#N)CCCNC(C)(C)CC(N)=O. The van der Waals surface area contributed by atoms with Crippen LogP contribution in [0, 0.1) is 16.7 Å². The number of nitriles is 1. The van der Waals surface area contributed by atoms with Crippen molar-refractivity contribution in [3.8, 4) is 6.07 Å². The largest absolute Gasteiger partial charge is 0.370 e. The maximum absolute atomic E-state index is 10.8. The zero-order valence-electron chi connectivity index (χ0n) is 10.8. The summed E-state index contributed by atoms with van der Waals surface area (Å²) in [6, 6.07) is 2.27. The third-order valence-electron chi connectivity index (χ3n) is 2.50. The smallest absolute Gasteiger partial charge is 0.219 e. The van der Waals surface area contributed by atoms with Gasteiger partial charge in [-0.3, -0.25) is 4.79 Å². The molecule has 0 aliphatic carbocycles. The zero-order valence-corrected chi connectivity index (χ0v) is 10.8. The number of carbonyl (C=O) groups excluding carboxylic acids is 1. The number of nitrogens with zero attached hydrogens (tertiary/aromatic N) is 1. The normalized spacial score (nSPS) is 12.2. The molecule has 1 amide bonds. The summed E-state index contributed by atoms with van der Waals surface area (Å²) in [5.74, 6) is -0.296. The Bertz CT molecular complexity index is 276. The predicted octanol–water partition coefficient (Wildman–Crippen LogP) is 1.56. The number of carbonyl (C=O) groups is 1. The zero-order chi connectivity index (χ0) is 12.8. The number of rotatable bonds is 7. The third kappa shape index (κ3) is 7.24. The number of nitrogens with one attached hydrogen (secondary N) is 1. The highest BCUT2D eigenvalue weighted by molar-refractivity contribution is 5.74. The van der Waals surface area contributed by atoms with Crippen LogP contribution in [0.1, 0.15) is 47.0 Å². The van der Waals surface area contributed by atoms with Gasteiger partial charge in [-0.1, -0.05) is 0 Å². The van der Waals surface area contributed by atoms with Gasteiger partial charge in [-0.25, -0.2) is 0 Å². The van der Waals surface area contributed by atoms with Gasteiger partial charge in [0.25, 0.3) is 0 Å². The molecule has 3 N–H and O–H groups in total. The first-order valence-corrected chi connectivity index (χ1v) is 5.63. The van der Waals surface area contributed by atoms with Crippen molar-refractivity contribution in [2.45, 2.75) is 52.5 Å². The van der Waals surface area contributed by atoms with E-state index in [2.05, 4.69) is 11.4 Å². The molecule has 0 spiro atoms. The fourth-order valence-corrected chi connectivity index (χ4v) is 1.51. The summed E-state index contributed by atoms with van der Waals surface area (Å²) in [5.41, 5.74) is 4.62. The lowest BCUT2D eigenvalue weighted by atomic mass is 9.89. The van der Waals surface area contributed by atoms with Gasteiger partial charge in [0, 0.05) is 12.0 Å². The summed E-state index contributed by atoms with van der Waals surface area (Å²) < 4.78 is 0. The first kappa shape index (κ1) is 14.9. The van der Waals surface area contributed by atoms with Gasteiger partial charge in [-0.05, 0) is 47.1 Å². The lowest BCUT2D eigenvalue weighted by Crippen LogP contribution is -2.43. The van der Waals surface area contributed by atoms with Gasteiger partial charge < -0.3 is 11.1 Å². The third-order valence-corrected chi connectivity index (χ3v) is 2.50. The Balaban J connectivity index is 3.83. The molecule has 0 atom stereocenters. The molecule has 0 unspecified atom stereocenters. The standard InChI is InChI=1S/C12H23N3O/c1-11(2,9-13)6-5-7-15-12(3,4)8-10(14)16/h15H,5-8H2,1-4H3,(H2,14,16). The second-order valence-electron chi connectivity index (χ2n) is 5.55. The van der Waals surface area contributed by atoms with Crippen LogP contribution in [0.5, 0.6) is 0 Å². The quantitative estimate of drug-likeness (QED) is 0.645. The van der Waals surface area contributed by atoms with Crippen molar-refractivity contribution in [3.05, 3.63) is 0 Å².